The van der Waals surface area contributed by atoms with Crippen molar-refractivity contribution in [1.82, 2.24) is 9.78 Å². The molecule has 0 aliphatic rings. The molecule has 1 N–H and O–H groups in total. The second-order valence-corrected chi connectivity index (χ2v) is 6.18. The molecule has 0 unspecified atom stereocenters. The van der Waals surface area contributed by atoms with Crippen LogP contribution in [0.3, 0.4) is 0 Å². The van der Waals surface area contributed by atoms with Gasteiger partial charge >= 0.3 is 5.97 Å². The highest BCUT2D eigenvalue weighted by molar-refractivity contribution is 7.12. The summed E-state index contributed by atoms with van der Waals surface area (Å²) in [5.41, 5.74) is 1.88. The van der Waals surface area contributed by atoms with E-state index in [0.717, 1.165) is 15.4 Å². The molecule has 0 amide bonds. The molecular weight excluding hydrogens is 334 g/mol. The van der Waals surface area contributed by atoms with Gasteiger partial charge in [0.2, 0.25) is 4.80 Å². The molecule has 1 heterocycles. The largest absolute Gasteiger partial charge is 0.478 e. The zero-order chi connectivity index (χ0) is 16.4. The van der Waals surface area contributed by atoms with Gasteiger partial charge in [0.15, 0.2) is 0 Å². The number of benzene rings is 2. The van der Waals surface area contributed by atoms with E-state index in [0.29, 0.717) is 10.7 Å². The van der Waals surface area contributed by atoms with Gasteiger partial charge in [-0.3, -0.25) is 0 Å². The highest BCUT2D eigenvalue weighted by Gasteiger charge is 2.06. The minimum Gasteiger partial charge on any atom is -0.478 e. The van der Waals surface area contributed by atoms with Gasteiger partial charge in [0.1, 0.15) is 5.01 Å². The minimum absolute atomic E-state index is 0.236. The lowest BCUT2D eigenvalue weighted by Crippen LogP contribution is -2.10. The van der Waals surface area contributed by atoms with Crippen molar-refractivity contribution in [3.8, 4) is 10.6 Å². The van der Waals surface area contributed by atoms with Crippen molar-refractivity contribution in [2.45, 2.75) is 0 Å². The number of carboxylic acid groups (broad SMARTS) is 1. The van der Waals surface area contributed by atoms with Crippen molar-refractivity contribution >= 4 is 34.6 Å². The number of nitrogens with zero attached hydrogens (tertiary/aromatic N) is 3. The fourth-order valence-electron chi connectivity index (χ4n) is 1.95. The fraction of sp³-hybridized carbons (Fsp3) is 0.0625. The van der Waals surface area contributed by atoms with Crippen molar-refractivity contribution in [3.63, 3.8) is 0 Å². The predicted octanol–water partition coefficient (Wildman–Crippen LogP) is 3.73. The molecule has 3 aromatic rings. The Hall–Kier alpha value is -2.44. The lowest BCUT2D eigenvalue weighted by molar-refractivity contribution is 0.0697. The number of aromatic nitrogens is 2. The average molecular weight is 346 g/mol. The summed E-state index contributed by atoms with van der Waals surface area (Å²) in [6, 6.07) is 13.9. The van der Waals surface area contributed by atoms with Gasteiger partial charge in [0.05, 0.1) is 11.3 Å². The number of aromatic carboxylic acids is 1. The van der Waals surface area contributed by atoms with Crippen LogP contribution in [0.5, 0.6) is 0 Å². The van der Waals surface area contributed by atoms with Crippen molar-refractivity contribution in [1.29, 1.82) is 0 Å². The molecule has 0 spiro atoms. The fourth-order valence-corrected chi connectivity index (χ4v) is 2.99. The summed E-state index contributed by atoms with van der Waals surface area (Å²) in [7, 11) is 1.82. The van der Waals surface area contributed by atoms with Crippen molar-refractivity contribution in [2.75, 3.05) is 0 Å². The van der Waals surface area contributed by atoms with Crippen molar-refractivity contribution in [3.05, 3.63) is 63.9 Å². The Balaban J connectivity index is 1.97. The summed E-state index contributed by atoms with van der Waals surface area (Å²) in [5.74, 6) is -0.954. The molecule has 0 aliphatic heterocycles. The van der Waals surface area contributed by atoms with Crippen LogP contribution in [0.2, 0.25) is 5.02 Å². The first-order chi connectivity index (χ1) is 11.0. The van der Waals surface area contributed by atoms with Crippen molar-refractivity contribution < 1.29 is 9.90 Å². The third kappa shape index (κ3) is 3.49. The molecule has 0 saturated carbocycles. The molecule has 0 radical (unpaired) electrons. The average Bonchev–Trinajstić information content (AvgIpc) is 2.89. The van der Waals surface area contributed by atoms with E-state index >= 15 is 0 Å². The van der Waals surface area contributed by atoms with Crippen LogP contribution >= 0.6 is 22.9 Å². The number of carboxylic acids is 1. The molecule has 0 aliphatic carbocycles. The van der Waals surface area contributed by atoms with E-state index in [9.17, 15) is 4.79 Å². The Morgan fingerprint density at radius 3 is 2.43 bits per heavy atom. The Labute approximate surface area is 141 Å². The van der Waals surface area contributed by atoms with Crippen LogP contribution in [0, 0.1) is 0 Å². The third-order valence-electron chi connectivity index (χ3n) is 3.14. The summed E-state index contributed by atoms with van der Waals surface area (Å²) in [6.45, 7) is 0. The Kier molecular flexibility index (Phi) is 4.27. The van der Waals surface area contributed by atoms with E-state index in [4.69, 9.17) is 16.7 Å². The number of carbonyl (C=O) groups is 1. The van der Waals surface area contributed by atoms with Gasteiger partial charge in [-0.15, -0.1) is 0 Å². The molecular formula is C16H12ClN3O2S. The molecule has 2 aromatic carbocycles. The summed E-state index contributed by atoms with van der Waals surface area (Å²) in [4.78, 5) is 16.1. The van der Waals surface area contributed by atoms with Crippen LogP contribution in [-0.4, -0.2) is 20.9 Å². The molecule has 23 heavy (non-hydrogen) atoms. The van der Waals surface area contributed by atoms with Crippen LogP contribution in [0.25, 0.3) is 10.6 Å². The SMILES string of the molecule is Cn1nc(-c2ccc(Cl)cc2)sc1=Nc1ccc(C(=O)O)cc1. The molecule has 0 fully saturated rings. The van der Waals surface area contributed by atoms with Crippen LogP contribution in [-0.2, 0) is 7.05 Å². The van der Waals surface area contributed by atoms with Crippen molar-refractivity contribution in [2.24, 2.45) is 12.0 Å². The zero-order valence-electron chi connectivity index (χ0n) is 12.1. The van der Waals surface area contributed by atoms with E-state index < -0.39 is 5.97 Å². The van der Waals surface area contributed by atoms with E-state index in [1.807, 2.05) is 31.3 Å². The predicted molar refractivity (Wildman–Crippen MR) is 90.2 cm³/mol. The molecule has 0 atom stereocenters. The minimum atomic E-state index is -0.954. The Bertz CT molecular complexity index is 912. The molecule has 0 bridgehead atoms. The standard InChI is InChI=1S/C16H12ClN3O2S/c1-20-16(18-13-8-4-11(5-9-13)15(21)22)23-14(19-20)10-2-6-12(17)7-3-10/h2-9H,1H3,(H,21,22). The van der Waals surface area contributed by atoms with Gasteiger partial charge in [-0.05, 0) is 36.4 Å². The lowest BCUT2D eigenvalue weighted by atomic mass is 10.2. The highest BCUT2D eigenvalue weighted by atomic mass is 35.5. The molecule has 5 nitrogen and oxygen atoms in total. The van der Waals surface area contributed by atoms with Gasteiger partial charge in [0.25, 0.3) is 0 Å². The quantitative estimate of drug-likeness (QED) is 0.786. The van der Waals surface area contributed by atoms with Gasteiger partial charge < -0.3 is 5.11 Å². The zero-order valence-corrected chi connectivity index (χ0v) is 13.7. The second-order valence-electron chi connectivity index (χ2n) is 4.78. The topological polar surface area (TPSA) is 67.5 Å². The van der Waals surface area contributed by atoms with E-state index in [-0.39, 0.29) is 5.56 Å². The van der Waals surface area contributed by atoms with Crippen LogP contribution < -0.4 is 4.80 Å². The number of hydrogen-bond acceptors (Lipinski definition) is 4. The van der Waals surface area contributed by atoms with E-state index in [1.165, 1.54) is 23.5 Å². The number of hydrogen-bond donors (Lipinski definition) is 1. The van der Waals surface area contributed by atoms with E-state index in [2.05, 4.69) is 10.1 Å². The number of halogens is 1. The Morgan fingerprint density at radius 1 is 1.17 bits per heavy atom. The monoisotopic (exact) mass is 345 g/mol. The summed E-state index contributed by atoms with van der Waals surface area (Å²) < 4.78 is 1.69. The van der Waals surface area contributed by atoms with Crippen LogP contribution in [0.4, 0.5) is 5.69 Å². The lowest BCUT2D eigenvalue weighted by Gasteiger charge is -1.95. The first-order valence-electron chi connectivity index (χ1n) is 6.71. The third-order valence-corrected chi connectivity index (χ3v) is 4.44. The van der Waals surface area contributed by atoms with Gasteiger partial charge in [-0.2, -0.15) is 5.10 Å². The van der Waals surface area contributed by atoms with Crippen LogP contribution in [0.15, 0.2) is 53.5 Å². The van der Waals surface area contributed by atoms with Gasteiger partial charge in [-0.1, -0.05) is 35.1 Å². The van der Waals surface area contributed by atoms with Crippen LogP contribution in [0.1, 0.15) is 10.4 Å². The van der Waals surface area contributed by atoms with Gasteiger partial charge in [0, 0.05) is 17.6 Å². The summed E-state index contributed by atoms with van der Waals surface area (Å²) in [5, 5.41) is 14.9. The number of rotatable bonds is 3. The maximum absolute atomic E-state index is 10.9. The normalized spacial score (nSPS) is 11.7. The maximum Gasteiger partial charge on any atom is 0.335 e. The first kappa shape index (κ1) is 15.5. The smallest absolute Gasteiger partial charge is 0.335 e. The summed E-state index contributed by atoms with van der Waals surface area (Å²) in [6.07, 6.45) is 0. The molecule has 3 rings (SSSR count). The maximum atomic E-state index is 10.9. The summed E-state index contributed by atoms with van der Waals surface area (Å²) >= 11 is 7.34. The molecule has 116 valence electrons. The first-order valence-corrected chi connectivity index (χ1v) is 7.90. The number of aryl methyl sites for hydroxylation is 1. The molecule has 0 saturated heterocycles. The highest BCUT2D eigenvalue weighted by Crippen LogP contribution is 2.22. The molecule has 1 aromatic heterocycles. The van der Waals surface area contributed by atoms with E-state index in [1.54, 1.807) is 16.8 Å². The Morgan fingerprint density at radius 2 is 1.83 bits per heavy atom. The molecule has 7 heteroatoms. The van der Waals surface area contributed by atoms with Gasteiger partial charge in [-0.25, -0.2) is 14.5 Å². The second kappa shape index (κ2) is 6.36.